The first-order valence-corrected chi connectivity index (χ1v) is 10.5. The summed E-state index contributed by atoms with van der Waals surface area (Å²) in [5, 5.41) is 13.4. The van der Waals surface area contributed by atoms with E-state index in [1.165, 1.54) is 6.92 Å². The van der Waals surface area contributed by atoms with Crippen molar-refractivity contribution in [1.82, 2.24) is 5.32 Å². The highest BCUT2D eigenvalue weighted by Gasteiger charge is 2.29. The SMILES string of the molecule is C[C@H](NC(=O)c1ccc(P(=O)(c2ccccc2)c2ccccc2)cc1)C(=O)O. The van der Waals surface area contributed by atoms with E-state index < -0.39 is 25.1 Å². The summed E-state index contributed by atoms with van der Waals surface area (Å²) in [6.07, 6.45) is 0. The van der Waals surface area contributed by atoms with Gasteiger partial charge in [0.1, 0.15) is 6.04 Å². The first-order chi connectivity index (χ1) is 13.4. The van der Waals surface area contributed by atoms with Gasteiger partial charge in [-0.05, 0) is 19.1 Å². The molecule has 0 unspecified atom stereocenters. The van der Waals surface area contributed by atoms with Crippen LogP contribution in [0.3, 0.4) is 0 Å². The standard InChI is InChI=1S/C22H20NO4P/c1-16(22(25)26)23-21(24)17-12-14-20(15-13-17)28(27,18-8-4-2-5-9-18)19-10-6-3-7-11-19/h2-16H,1H3,(H,23,24)(H,25,26)/t16-/m0/s1. The van der Waals surface area contributed by atoms with Crippen LogP contribution in [0.15, 0.2) is 84.9 Å². The Labute approximate surface area is 163 Å². The van der Waals surface area contributed by atoms with Crippen LogP contribution in [0.5, 0.6) is 0 Å². The largest absolute Gasteiger partial charge is 0.480 e. The second-order valence-corrected chi connectivity index (χ2v) is 9.13. The molecular formula is C22H20NO4P. The maximum Gasteiger partial charge on any atom is 0.325 e. The number of benzene rings is 3. The average Bonchev–Trinajstić information content (AvgIpc) is 2.74. The maximum absolute atomic E-state index is 14.2. The molecule has 3 aromatic rings. The van der Waals surface area contributed by atoms with Crippen molar-refractivity contribution in [2.45, 2.75) is 13.0 Å². The zero-order valence-electron chi connectivity index (χ0n) is 15.3. The highest BCUT2D eigenvalue weighted by molar-refractivity contribution is 7.85. The molecule has 0 aliphatic heterocycles. The van der Waals surface area contributed by atoms with Gasteiger partial charge >= 0.3 is 5.97 Å². The van der Waals surface area contributed by atoms with Crippen LogP contribution in [0.25, 0.3) is 0 Å². The number of aliphatic carboxylic acids is 1. The molecule has 0 saturated heterocycles. The number of hydrogen-bond acceptors (Lipinski definition) is 3. The third-order valence-electron chi connectivity index (χ3n) is 4.45. The Balaban J connectivity index is 2.00. The molecule has 0 aliphatic rings. The lowest BCUT2D eigenvalue weighted by atomic mass is 10.2. The Morgan fingerprint density at radius 2 is 1.21 bits per heavy atom. The van der Waals surface area contributed by atoms with Gasteiger partial charge in [0.15, 0.2) is 7.14 Å². The van der Waals surface area contributed by atoms with Gasteiger partial charge in [0, 0.05) is 21.5 Å². The molecule has 0 heterocycles. The quantitative estimate of drug-likeness (QED) is 0.631. The molecule has 0 bridgehead atoms. The summed E-state index contributed by atoms with van der Waals surface area (Å²) in [4.78, 5) is 23.1. The van der Waals surface area contributed by atoms with Crippen LogP contribution in [0.4, 0.5) is 0 Å². The number of hydrogen-bond donors (Lipinski definition) is 2. The van der Waals surface area contributed by atoms with Crippen LogP contribution < -0.4 is 21.2 Å². The lowest BCUT2D eigenvalue weighted by Gasteiger charge is -2.20. The Hall–Kier alpha value is -3.17. The fourth-order valence-electron chi connectivity index (χ4n) is 2.89. The Morgan fingerprint density at radius 1 is 0.786 bits per heavy atom. The second-order valence-electron chi connectivity index (χ2n) is 6.36. The van der Waals surface area contributed by atoms with E-state index in [0.29, 0.717) is 21.5 Å². The van der Waals surface area contributed by atoms with Crippen molar-refractivity contribution < 1.29 is 19.3 Å². The number of rotatable bonds is 6. The van der Waals surface area contributed by atoms with Crippen molar-refractivity contribution in [2.24, 2.45) is 0 Å². The van der Waals surface area contributed by atoms with E-state index in [4.69, 9.17) is 5.11 Å². The van der Waals surface area contributed by atoms with E-state index in [0.717, 1.165) is 0 Å². The summed E-state index contributed by atoms with van der Waals surface area (Å²) >= 11 is 0. The summed E-state index contributed by atoms with van der Waals surface area (Å²) in [7, 11) is -3.10. The van der Waals surface area contributed by atoms with Crippen molar-refractivity contribution >= 4 is 34.9 Å². The summed E-state index contributed by atoms with van der Waals surface area (Å²) < 4.78 is 14.2. The van der Waals surface area contributed by atoms with E-state index in [2.05, 4.69) is 5.32 Å². The lowest BCUT2D eigenvalue weighted by molar-refractivity contribution is -0.138. The van der Waals surface area contributed by atoms with Gasteiger partial charge in [0.2, 0.25) is 0 Å². The molecule has 5 nitrogen and oxygen atoms in total. The van der Waals surface area contributed by atoms with Crippen LogP contribution in [0.1, 0.15) is 17.3 Å². The number of carboxylic acid groups (broad SMARTS) is 1. The summed E-state index contributed by atoms with van der Waals surface area (Å²) in [6.45, 7) is 1.40. The van der Waals surface area contributed by atoms with Crippen LogP contribution in [-0.2, 0) is 9.36 Å². The molecule has 3 aromatic carbocycles. The smallest absolute Gasteiger partial charge is 0.325 e. The highest BCUT2D eigenvalue weighted by atomic mass is 31.2. The third-order valence-corrected chi connectivity index (χ3v) is 7.53. The fourth-order valence-corrected chi connectivity index (χ4v) is 5.53. The molecule has 0 fully saturated rings. The van der Waals surface area contributed by atoms with E-state index in [-0.39, 0.29) is 0 Å². The number of nitrogens with one attached hydrogen (secondary N) is 1. The van der Waals surface area contributed by atoms with E-state index in [1.807, 2.05) is 60.7 Å². The monoisotopic (exact) mass is 393 g/mol. The Kier molecular flexibility index (Phi) is 5.76. The molecule has 0 spiro atoms. The van der Waals surface area contributed by atoms with E-state index >= 15 is 0 Å². The predicted octanol–water partition coefficient (Wildman–Crippen LogP) is 2.53. The van der Waals surface area contributed by atoms with Crippen LogP contribution >= 0.6 is 7.14 Å². The molecule has 28 heavy (non-hydrogen) atoms. The number of carboxylic acids is 1. The zero-order chi connectivity index (χ0) is 20.1. The third kappa shape index (κ3) is 3.90. The molecule has 6 heteroatoms. The number of carbonyl (C=O) groups excluding carboxylic acids is 1. The van der Waals surface area contributed by atoms with Crippen molar-refractivity contribution in [3.05, 3.63) is 90.5 Å². The first-order valence-electron chi connectivity index (χ1n) is 8.78. The van der Waals surface area contributed by atoms with E-state index in [1.54, 1.807) is 24.3 Å². The molecule has 0 aliphatic carbocycles. The lowest BCUT2D eigenvalue weighted by Crippen LogP contribution is -2.38. The molecular weight excluding hydrogens is 373 g/mol. The first kappa shape index (κ1) is 19.6. The minimum absolute atomic E-state index is 0.310. The molecule has 0 saturated carbocycles. The predicted molar refractivity (Wildman–Crippen MR) is 110 cm³/mol. The average molecular weight is 393 g/mol. The van der Waals surface area contributed by atoms with Crippen LogP contribution in [0.2, 0.25) is 0 Å². The molecule has 0 aromatic heterocycles. The number of amides is 1. The van der Waals surface area contributed by atoms with Gasteiger partial charge in [-0.1, -0.05) is 72.8 Å². The molecule has 1 atom stereocenters. The van der Waals surface area contributed by atoms with Crippen LogP contribution in [0, 0.1) is 0 Å². The molecule has 3 rings (SSSR count). The van der Waals surface area contributed by atoms with Gasteiger partial charge in [-0.3, -0.25) is 9.59 Å². The molecule has 2 N–H and O–H groups in total. The Morgan fingerprint density at radius 3 is 1.64 bits per heavy atom. The topological polar surface area (TPSA) is 83.5 Å². The molecule has 142 valence electrons. The normalized spacial score (nSPS) is 12.2. The van der Waals surface area contributed by atoms with E-state index in [9.17, 15) is 14.2 Å². The minimum atomic E-state index is -3.10. The van der Waals surface area contributed by atoms with Gasteiger partial charge in [-0.2, -0.15) is 0 Å². The number of carbonyl (C=O) groups is 2. The fraction of sp³-hybridized carbons (Fsp3) is 0.0909. The minimum Gasteiger partial charge on any atom is -0.480 e. The zero-order valence-corrected chi connectivity index (χ0v) is 16.2. The maximum atomic E-state index is 14.2. The highest BCUT2D eigenvalue weighted by Crippen LogP contribution is 2.42. The van der Waals surface area contributed by atoms with Gasteiger partial charge in [0.05, 0.1) is 0 Å². The van der Waals surface area contributed by atoms with Crippen LogP contribution in [-0.4, -0.2) is 23.0 Å². The summed E-state index contributed by atoms with van der Waals surface area (Å²) in [5.74, 6) is -1.60. The summed E-state index contributed by atoms with van der Waals surface area (Å²) in [5.41, 5.74) is 0.310. The van der Waals surface area contributed by atoms with Crippen molar-refractivity contribution in [3.63, 3.8) is 0 Å². The molecule has 0 radical (unpaired) electrons. The van der Waals surface area contributed by atoms with Gasteiger partial charge in [-0.25, -0.2) is 0 Å². The Bertz CT molecular complexity index is 974. The van der Waals surface area contributed by atoms with Gasteiger partial charge in [-0.15, -0.1) is 0 Å². The van der Waals surface area contributed by atoms with Crippen molar-refractivity contribution in [3.8, 4) is 0 Å². The second kappa shape index (κ2) is 8.24. The van der Waals surface area contributed by atoms with Gasteiger partial charge in [0.25, 0.3) is 5.91 Å². The van der Waals surface area contributed by atoms with Crippen molar-refractivity contribution in [1.29, 1.82) is 0 Å². The summed E-state index contributed by atoms with van der Waals surface area (Å²) in [6, 6.07) is 24.0. The van der Waals surface area contributed by atoms with Gasteiger partial charge < -0.3 is 15.0 Å². The molecule has 1 amide bonds. The van der Waals surface area contributed by atoms with Crippen molar-refractivity contribution in [2.75, 3.05) is 0 Å².